The van der Waals surface area contributed by atoms with E-state index >= 15 is 0 Å². The fourth-order valence-electron chi connectivity index (χ4n) is 2.39. The van der Waals surface area contributed by atoms with Gasteiger partial charge in [-0.15, -0.1) is 10.2 Å². The summed E-state index contributed by atoms with van der Waals surface area (Å²) in [6.07, 6.45) is -4.55. The van der Waals surface area contributed by atoms with E-state index in [0.29, 0.717) is 16.7 Å². The molecular formula is C19H15ClF4N4O2S. The normalized spacial score (nSPS) is 11.4. The third-order valence-corrected chi connectivity index (χ3v) is 5.36. The molecule has 0 atom stereocenters. The van der Waals surface area contributed by atoms with Crippen molar-refractivity contribution in [3.05, 3.63) is 64.7 Å². The van der Waals surface area contributed by atoms with E-state index in [1.807, 2.05) is 0 Å². The summed E-state index contributed by atoms with van der Waals surface area (Å²) in [5, 5.41) is 10.7. The molecule has 1 N–H and O–H groups in total. The summed E-state index contributed by atoms with van der Waals surface area (Å²) in [4.78, 5) is 12.2. The lowest BCUT2D eigenvalue weighted by Gasteiger charge is -2.11. The van der Waals surface area contributed by atoms with Crippen molar-refractivity contribution in [3.63, 3.8) is 0 Å². The lowest BCUT2D eigenvalue weighted by Crippen LogP contribution is -2.16. The SMILES string of the molecule is Cn1c(COc2ccc(F)cc2)nnc1SCC(=O)Nc1cc(C(F)(F)F)ccc1Cl. The molecule has 0 fully saturated rings. The number of nitrogens with zero attached hydrogens (tertiary/aromatic N) is 3. The second-order valence-corrected chi connectivity index (χ2v) is 7.58. The maximum atomic E-state index is 12.9. The molecule has 3 aromatic rings. The molecular weight excluding hydrogens is 460 g/mol. The lowest BCUT2D eigenvalue weighted by molar-refractivity contribution is -0.137. The zero-order valence-corrected chi connectivity index (χ0v) is 17.5. The molecule has 6 nitrogen and oxygen atoms in total. The first-order valence-electron chi connectivity index (χ1n) is 8.69. The molecule has 0 aliphatic heterocycles. The van der Waals surface area contributed by atoms with E-state index in [-0.39, 0.29) is 28.9 Å². The number of carbonyl (C=O) groups excluding carboxylic acids is 1. The zero-order chi connectivity index (χ0) is 22.6. The monoisotopic (exact) mass is 474 g/mol. The van der Waals surface area contributed by atoms with Gasteiger partial charge in [0.2, 0.25) is 5.91 Å². The smallest absolute Gasteiger partial charge is 0.416 e. The van der Waals surface area contributed by atoms with E-state index in [1.54, 1.807) is 11.6 Å². The van der Waals surface area contributed by atoms with Crippen molar-refractivity contribution < 1.29 is 27.1 Å². The van der Waals surface area contributed by atoms with Gasteiger partial charge in [0.25, 0.3) is 0 Å². The largest absolute Gasteiger partial charge is 0.486 e. The minimum atomic E-state index is -4.55. The summed E-state index contributed by atoms with van der Waals surface area (Å²) in [6, 6.07) is 8.17. The Balaban J connectivity index is 1.57. The van der Waals surface area contributed by atoms with Gasteiger partial charge >= 0.3 is 6.18 Å². The molecule has 0 saturated heterocycles. The molecule has 0 bridgehead atoms. The van der Waals surface area contributed by atoms with Crippen LogP contribution in [-0.4, -0.2) is 26.4 Å². The molecule has 3 rings (SSSR count). The molecule has 0 spiro atoms. The van der Waals surface area contributed by atoms with Crippen LogP contribution in [0.3, 0.4) is 0 Å². The number of rotatable bonds is 7. The Morgan fingerprint density at radius 2 is 1.90 bits per heavy atom. The third kappa shape index (κ3) is 6.11. The Kier molecular flexibility index (Phi) is 7.06. The molecule has 1 heterocycles. The Labute approximate surface area is 183 Å². The van der Waals surface area contributed by atoms with Gasteiger partial charge in [0, 0.05) is 7.05 Å². The Morgan fingerprint density at radius 1 is 1.19 bits per heavy atom. The van der Waals surface area contributed by atoms with Gasteiger partial charge in [0.1, 0.15) is 18.2 Å². The van der Waals surface area contributed by atoms with E-state index in [0.717, 1.165) is 30.0 Å². The van der Waals surface area contributed by atoms with Gasteiger partial charge in [-0.2, -0.15) is 13.2 Å². The molecule has 1 amide bonds. The molecule has 12 heteroatoms. The molecule has 0 aliphatic carbocycles. The van der Waals surface area contributed by atoms with Crippen LogP contribution in [0.4, 0.5) is 23.2 Å². The highest BCUT2D eigenvalue weighted by Gasteiger charge is 2.31. The zero-order valence-electron chi connectivity index (χ0n) is 15.9. The second kappa shape index (κ2) is 9.56. The van der Waals surface area contributed by atoms with E-state index in [1.165, 1.54) is 24.3 Å². The summed E-state index contributed by atoms with van der Waals surface area (Å²) in [5.41, 5.74) is -1.05. The number of benzene rings is 2. The van der Waals surface area contributed by atoms with Crippen LogP contribution in [0, 0.1) is 5.82 Å². The molecule has 0 saturated carbocycles. The summed E-state index contributed by atoms with van der Waals surface area (Å²) in [7, 11) is 1.67. The third-order valence-electron chi connectivity index (χ3n) is 4.01. The number of hydrogen-bond acceptors (Lipinski definition) is 5. The highest BCUT2D eigenvalue weighted by atomic mass is 35.5. The van der Waals surface area contributed by atoms with Crippen molar-refractivity contribution in [1.29, 1.82) is 0 Å². The summed E-state index contributed by atoms with van der Waals surface area (Å²) in [6.45, 7) is 0.0712. The number of nitrogens with one attached hydrogen (secondary N) is 1. The fourth-order valence-corrected chi connectivity index (χ4v) is 3.28. The molecule has 164 valence electrons. The molecule has 0 aliphatic rings. The average molecular weight is 475 g/mol. The van der Waals surface area contributed by atoms with Gasteiger partial charge in [-0.3, -0.25) is 4.79 Å². The van der Waals surface area contributed by atoms with Crippen molar-refractivity contribution in [3.8, 4) is 5.75 Å². The predicted octanol–water partition coefficient (Wildman–Crippen LogP) is 4.94. The number of ether oxygens (including phenoxy) is 1. The Morgan fingerprint density at radius 3 is 2.58 bits per heavy atom. The summed E-state index contributed by atoms with van der Waals surface area (Å²) < 4.78 is 58.6. The van der Waals surface area contributed by atoms with Crippen LogP contribution in [-0.2, 0) is 24.6 Å². The minimum absolute atomic E-state index is 0.00904. The summed E-state index contributed by atoms with van der Waals surface area (Å²) >= 11 is 6.92. The first kappa shape index (κ1) is 22.9. The van der Waals surface area contributed by atoms with E-state index in [4.69, 9.17) is 16.3 Å². The van der Waals surface area contributed by atoms with E-state index in [9.17, 15) is 22.4 Å². The first-order valence-corrected chi connectivity index (χ1v) is 10.1. The highest BCUT2D eigenvalue weighted by molar-refractivity contribution is 7.99. The van der Waals surface area contributed by atoms with Crippen LogP contribution in [0.1, 0.15) is 11.4 Å². The predicted molar refractivity (Wildman–Crippen MR) is 108 cm³/mol. The standard InChI is InChI=1S/C19H15ClF4N4O2S/c1-28-16(9-30-13-5-3-12(21)4-6-13)26-27-18(28)31-10-17(29)25-15-8-11(19(22,23)24)2-7-14(15)20/h2-8H,9-10H2,1H3,(H,25,29). The van der Waals surface area contributed by atoms with Crippen LogP contribution in [0.5, 0.6) is 5.75 Å². The second-order valence-electron chi connectivity index (χ2n) is 6.23. The van der Waals surface area contributed by atoms with Crippen LogP contribution in [0.25, 0.3) is 0 Å². The quantitative estimate of drug-likeness (QED) is 0.388. The fraction of sp³-hybridized carbons (Fsp3) is 0.211. The van der Waals surface area contributed by atoms with Gasteiger partial charge in [-0.05, 0) is 42.5 Å². The van der Waals surface area contributed by atoms with Crippen molar-refractivity contribution in [1.82, 2.24) is 14.8 Å². The number of anilines is 1. The van der Waals surface area contributed by atoms with Gasteiger partial charge in [0.05, 0.1) is 22.0 Å². The van der Waals surface area contributed by atoms with Crippen molar-refractivity contribution in [2.45, 2.75) is 17.9 Å². The van der Waals surface area contributed by atoms with Crippen LogP contribution >= 0.6 is 23.4 Å². The summed E-state index contributed by atoms with van der Waals surface area (Å²) in [5.74, 6) is -0.144. The number of aromatic nitrogens is 3. The van der Waals surface area contributed by atoms with Crippen LogP contribution < -0.4 is 10.1 Å². The maximum Gasteiger partial charge on any atom is 0.416 e. The average Bonchev–Trinajstić information content (AvgIpc) is 3.06. The van der Waals surface area contributed by atoms with Crippen LogP contribution in [0.2, 0.25) is 5.02 Å². The molecule has 1 aromatic heterocycles. The number of amides is 1. The number of halogens is 5. The van der Waals surface area contributed by atoms with Gasteiger partial charge in [-0.1, -0.05) is 23.4 Å². The van der Waals surface area contributed by atoms with Gasteiger partial charge in [-0.25, -0.2) is 4.39 Å². The van der Waals surface area contributed by atoms with E-state index in [2.05, 4.69) is 15.5 Å². The van der Waals surface area contributed by atoms with Crippen molar-refractivity contribution in [2.24, 2.45) is 7.05 Å². The minimum Gasteiger partial charge on any atom is -0.486 e. The number of thioether (sulfide) groups is 1. The maximum absolute atomic E-state index is 12.9. The molecule has 2 aromatic carbocycles. The Bertz CT molecular complexity index is 1070. The number of alkyl halides is 3. The topological polar surface area (TPSA) is 69.0 Å². The van der Waals surface area contributed by atoms with Crippen molar-refractivity contribution in [2.75, 3.05) is 11.1 Å². The van der Waals surface area contributed by atoms with Crippen molar-refractivity contribution >= 4 is 35.0 Å². The number of carbonyl (C=O) groups is 1. The molecule has 31 heavy (non-hydrogen) atoms. The Hall–Kier alpha value is -2.79. The highest BCUT2D eigenvalue weighted by Crippen LogP contribution is 2.34. The van der Waals surface area contributed by atoms with Crippen LogP contribution in [0.15, 0.2) is 47.6 Å². The van der Waals surface area contributed by atoms with E-state index < -0.39 is 17.6 Å². The van der Waals surface area contributed by atoms with Gasteiger partial charge in [0.15, 0.2) is 11.0 Å². The molecule has 0 unspecified atom stereocenters. The van der Waals surface area contributed by atoms with Gasteiger partial charge < -0.3 is 14.6 Å². The number of hydrogen-bond donors (Lipinski definition) is 1. The first-order chi connectivity index (χ1) is 14.6. The lowest BCUT2D eigenvalue weighted by atomic mass is 10.2. The molecule has 0 radical (unpaired) electrons.